The van der Waals surface area contributed by atoms with Crippen LogP contribution in [0.3, 0.4) is 0 Å². The molecule has 3 rings (SSSR count). The van der Waals surface area contributed by atoms with Crippen LogP contribution in [-0.4, -0.2) is 21.8 Å². The van der Waals surface area contributed by atoms with Gasteiger partial charge in [-0.2, -0.15) is 0 Å². The number of thioether (sulfide) groups is 1. The molecule has 0 atom stereocenters. The summed E-state index contributed by atoms with van der Waals surface area (Å²) in [6, 6.07) is 7.98. The van der Waals surface area contributed by atoms with Crippen LogP contribution < -0.4 is 10.1 Å². The van der Waals surface area contributed by atoms with E-state index in [0.29, 0.717) is 32.9 Å². The molecule has 1 fully saturated rings. The van der Waals surface area contributed by atoms with E-state index in [9.17, 15) is 14.9 Å². The largest absolute Gasteiger partial charge is 0.487 e. The SMILES string of the molecule is CCOc1ccc(-c2ccc(/C=C3\SC(=S)NC3=O)o2)cc1[N+](=O)[O-]. The lowest BCUT2D eigenvalue weighted by molar-refractivity contribution is -0.385. The van der Waals surface area contributed by atoms with Crippen LogP contribution in [0.4, 0.5) is 5.69 Å². The summed E-state index contributed by atoms with van der Waals surface area (Å²) in [5.41, 5.74) is 0.408. The van der Waals surface area contributed by atoms with Gasteiger partial charge >= 0.3 is 5.69 Å². The van der Waals surface area contributed by atoms with Crippen molar-refractivity contribution in [2.24, 2.45) is 0 Å². The fraction of sp³-hybridized carbons (Fsp3) is 0.125. The molecule has 1 aromatic heterocycles. The topological polar surface area (TPSA) is 94.6 Å². The Kier molecular flexibility index (Phi) is 4.86. The van der Waals surface area contributed by atoms with E-state index < -0.39 is 4.92 Å². The summed E-state index contributed by atoms with van der Waals surface area (Å²) in [4.78, 5) is 22.8. The maximum absolute atomic E-state index is 11.7. The molecule has 25 heavy (non-hydrogen) atoms. The molecule has 0 radical (unpaired) electrons. The van der Waals surface area contributed by atoms with Gasteiger partial charge in [0.25, 0.3) is 5.91 Å². The zero-order valence-electron chi connectivity index (χ0n) is 13.0. The number of hydrogen-bond acceptors (Lipinski definition) is 7. The highest BCUT2D eigenvalue weighted by atomic mass is 32.2. The lowest BCUT2D eigenvalue weighted by Gasteiger charge is -2.05. The number of ether oxygens (including phenoxy) is 1. The first-order chi connectivity index (χ1) is 12.0. The molecule has 1 aromatic carbocycles. The Morgan fingerprint density at radius 1 is 1.40 bits per heavy atom. The first-order valence-corrected chi connectivity index (χ1v) is 8.46. The summed E-state index contributed by atoms with van der Waals surface area (Å²) < 4.78 is 11.3. The highest BCUT2D eigenvalue weighted by Gasteiger charge is 2.23. The normalized spacial score (nSPS) is 15.5. The number of furan rings is 1. The number of carbonyl (C=O) groups excluding carboxylic acids is 1. The average molecular weight is 376 g/mol. The van der Waals surface area contributed by atoms with Crippen LogP contribution in [0, 0.1) is 10.1 Å². The van der Waals surface area contributed by atoms with Gasteiger partial charge in [-0.1, -0.05) is 24.0 Å². The van der Waals surface area contributed by atoms with Crippen molar-refractivity contribution in [1.82, 2.24) is 5.32 Å². The van der Waals surface area contributed by atoms with Crippen molar-refractivity contribution in [2.75, 3.05) is 6.61 Å². The highest BCUT2D eigenvalue weighted by Crippen LogP contribution is 2.34. The van der Waals surface area contributed by atoms with Crippen LogP contribution in [-0.2, 0) is 4.79 Å². The highest BCUT2D eigenvalue weighted by molar-refractivity contribution is 8.26. The van der Waals surface area contributed by atoms with Gasteiger partial charge in [-0.15, -0.1) is 0 Å². The first-order valence-electron chi connectivity index (χ1n) is 7.24. The number of nitrogens with one attached hydrogen (secondary N) is 1. The third kappa shape index (κ3) is 3.72. The molecule has 9 heteroatoms. The fourth-order valence-electron chi connectivity index (χ4n) is 2.23. The Morgan fingerprint density at radius 2 is 2.20 bits per heavy atom. The zero-order chi connectivity index (χ0) is 18.0. The van der Waals surface area contributed by atoms with E-state index in [2.05, 4.69) is 5.32 Å². The predicted octanol–water partition coefficient (Wildman–Crippen LogP) is 3.74. The lowest BCUT2D eigenvalue weighted by Crippen LogP contribution is -2.17. The van der Waals surface area contributed by atoms with Gasteiger partial charge in [0.1, 0.15) is 15.8 Å². The number of amides is 1. The number of thiocarbonyl (C=S) groups is 1. The summed E-state index contributed by atoms with van der Waals surface area (Å²) in [6.45, 7) is 2.09. The van der Waals surface area contributed by atoms with Crippen molar-refractivity contribution >= 4 is 46.0 Å². The van der Waals surface area contributed by atoms with Crippen molar-refractivity contribution < 1.29 is 18.9 Å². The molecule has 2 heterocycles. The van der Waals surface area contributed by atoms with Crippen molar-refractivity contribution in [3.63, 3.8) is 0 Å². The minimum Gasteiger partial charge on any atom is -0.487 e. The van der Waals surface area contributed by atoms with E-state index in [-0.39, 0.29) is 17.3 Å². The third-order valence-electron chi connectivity index (χ3n) is 3.28. The number of nitrogens with zero attached hydrogens (tertiary/aromatic N) is 1. The zero-order valence-corrected chi connectivity index (χ0v) is 14.6. The van der Waals surface area contributed by atoms with Gasteiger partial charge in [0.2, 0.25) is 0 Å². The molecule has 1 amide bonds. The van der Waals surface area contributed by atoms with Crippen LogP contribution in [0.1, 0.15) is 12.7 Å². The van der Waals surface area contributed by atoms with Crippen LogP contribution >= 0.6 is 24.0 Å². The van der Waals surface area contributed by atoms with E-state index in [1.807, 2.05) is 0 Å². The minimum atomic E-state index is -0.499. The van der Waals surface area contributed by atoms with Gasteiger partial charge < -0.3 is 14.5 Å². The summed E-state index contributed by atoms with van der Waals surface area (Å²) in [5.74, 6) is 0.834. The van der Waals surface area contributed by atoms with Crippen molar-refractivity contribution in [3.8, 4) is 17.1 Å². The minimum absolute atomic E-state index is 0.133. The molecular weight excluding hydrogens is 364 g/mol. The van der Waals surface area contributed by atoms with E-state index in [4.69, 9.17) is 21.4 Å². The summed E-state index contributed by atoms with van der Waals surface area (Å²) in [7, 11) is 0. The molecule has 0 unspecified atom stereocenters. The van der Waals surface area contributed by atoms with Crippen molar-refractivity contribution in [2.45, 2.75) is 6.92 Å². The number of carbonyl (C=O) groups is 1. The smallest absolute Gasteiger partial charge is 0.311 e. The van der Waals surface area contributed by atoms with Gasteiger partial charge in [0.05, 0.1) is 16.4 Å². The van der Waals surface area contributed by atoms with E-state index in [0.717, 1.165) is 11.8 Å². The summed E-state index contributed by atoms with van der Waals surface area (Å²) >= 11 is 6.08. The molecule has 128 valence electrons. The molecule has 1 saturated heterocycles. The predicted molar refractivity (Wildman–Crippen MR) is 98.3 cm³/mol. The Bertz CT molecular complexity index is 904. The van der Waals surface area contributed by atoms with E-state index in [1.165, 1.54) is 12.1 Å². The molecule has 7 nitrogen and oxygen atoms in total. The maximum Gasteiger partial charge on any atom is 0.311 e. The molecule has 0 spiro atoms. The second kappa shape index (κ2) is 7.08. The second-order valence-electron chi connectivity index (χ2n) is 4.93. The molecule has 1 aliphatic heterocycles. The molecule has 1 N–H and O–H groups in total. The third-order valence-corrected chi connectivity index (χ3v) is 4.44. The molecule has 0 aliphatic carbocycles. The average Bonchev–Trinajstić information content (AvgIpc) is 3.15. The number of nitro benzene ring substituents is 1. The Hall–Kier alpha value is -2.65. The Balaban J connectivity index is 1.91. The number of benzene rings is 1. The lowest BCUT2D eigenvalue weighted by atomic mass is 10.1. The van der Waals surface area contributed by atoms with Gasteiger partial charge in [0, 0.05) is 17.7 Å². The van der Waals surface area contributed by atoms with Crippen LogP contribution in [0.15, 0.2) is 39.7 Å². The molecule has 2 aromatic rings. The molecular formula is C16H12N2O5S2. The van der Waals surface area contributed by atoms with Crippen molar-refractivity contribution in [3.05, 3.63) is 51.1 Å². The van der Waals surface area contributed by atoms with Gasteiger partial charge in [-0.3, -0.25) is 14.9 Å². The van der Waals surface area contributed by atoms with Gasteiger partial charge in [-0.05, 0) is 31.2 Å². The van der Waals surface area contributed by atoms with Crippen molar-refractivity contribution in [1.29, 1.82) is 0 Å². The van der Waals surface area contributed by atoms with E-state index in [1.54, 1.807) is 31.2 Å². The van der Waals surface area contributed by atoms with Gasteiger partial charge in [0.15, 0.2) is 5.75 Å². The van der Waals surface area contributed by atoms with E-state index >= 15 is 0 Å². The fourth-order valence-corrected chi connectivity index (χ4v) is 3.25. The standard InChI is InChI=1S/C16H12N2O5S2/c1-2-22-13-5-3-9(7-11(13)18(20)21)12-6-4-10(23-12)8-14-15(19)17-16(24)25-14/h3-8H,2H2,1H3,(H,17,19,24)/b14-8-. The number of nitro groups is 1. The summed E-state index contributed by atoms with van der Waals surface area (Å²) in [5, 5.41) is 13.7. The van der Waals surface area contributed by atoms with Crippen LogP contribution in [0.5, 0.6) is 5.75 Å². The Morgan fingerprint density at radius 3 is 2.84 bits per heavy atom. The number of rotatable bonds is 5. The molecule has 0 bridgehead atoms. The first kappa shape index (κ1) is 17.2. The van der Waals surface area contributed by atoms with Crippen LogP contribution in [0.2, 0.25) is 0 Å². The molecule has 1 aliphatic rings. The Labute approximate surface area is 152 Å². The van der Waals surface area contributed by atoms with Gasteiger partial charge in [-0.25, -0.2) is 0 Å². The monoisotopic (exact) mass is 376 g/mol. The van der Waals surface area contributed by atoms with Crippen LogP contribution in [0.25, 0.3) is 17.4 Å². The second-order valence-corrected chi connectivity index (χ2v) is 6.65. The summed E-state index contributed by atoms with van der Waals surface area (Å²) in [6.07, 6.45) is 1.58. The number of hydrogen-bond donors (Lipinski definition) is 1. The quantitative estimate of drug-likeness (QED) is 0.367. The maximum atomic E-state index is 11.7. The molecule has 0 saturated carbocycles.